The molecule has 1 aromatic carbocycles. The molecule has 1 unspecified atom stereocenters. The third-order valence-corrected chi connectivity index (χ3v) is 6.42. The Kier molecular flexibility index (Phi) is 6.23. The van der Waals surface area contributed by atoms with Crippen molar-refractivity contribution < 1.29 is 14.4 Å². The first kappa shape index (κ1) is 21.3. The number of Topliss-reactive ketones (excluding diaryl/α,β-unsaturated/α-hetero) is 1. The van der Waals surface area contributed by atoms with E-state index in [0.29, 0.717) is 42.6 Å². The van der Waals surface area contributed by atoms with Gasteiger partial charge in [-0.2, -0.15) is 0 Å². The van der Waals surface area contributed by atoms with Gasteiger partial charge in [-0.05, 0) is 68.5 Å². The minimum Gasteiger partial charge on any atom is -0.327 e. The van der Waals surface area contributed by atoms with Gasteiger partial charge in [0.2, 0.25) is 0 Å². The Morgan fingerprint density at radius 1 is 1.13 bits per heavy atom. The average molecular weight is 436 g/mol. The molecule has 31 heavy (non-hydrogen) atoms. The molecule has 1 saturated carbocycles. The summed E-state index contributed by atoms with van der Waals surface area (Å²) in [6, 6.07) is 8.66. The zero-order chi connectivity index (χ0) is 22.0. The third-order valence-electron chi connectivity index (χ3n) is 5.94. The van der Waals surface area contributed by atoms with Crippen LogP contribution in [0.5, 0.6) is 0 Å². The Morgan fingerprint density at radius 3 is 2.71 bits per heavy atom. The summed E-state index contributed by atoms with van der Waals surface area (Å²) in [6.07, 6.45) is 5.70. The molecule has 2 aromatic rings. The van der Waals surface area contributed by atoms with E-state index in [4.69, 9.17) is 12.2 Å². The number of anilines is 1. The van der Waals surface area contributed by atoms with Crippen LogP contribution in [0.3, 0.4) is 0 Å². The van der Waals surface area contributed by atoms with E-state index in [1.54, 1.807) is 35.4 Å². The van der Waals surface area contributed by atoms with Gasteiger partial charge in [-0.15, -0.1) is 0 Å². The molecule has 0 saturated heterocycles. The van der Waals surface area contributed by atoms with Crippen molar-refractivity contribution in [3.05, 3.63) is 58.9 Å². The van der Waals surface area contributed by atoms with E-state index in [2.05, 4.69) is 10.3 Å². The number of carbonyl (C=O) groups excluding carboxylic acids is 3. The van der Waals surface area contributed by atoms with Crippen molar-refractivity contribution in [2.75, 3.05) is 5.32 Å². The number of aryl methyl sites for hydroxylation is 1. The van der Waals surface area contributed by atoms with Gasteiger partial charge in [-0.1, -0.05) is 12.2 Å². The van der Waals surface area contributed by atoms with Gasteiger partial charge in [0.25, 0.3) is 11.8 Å². The summed E-state index contributed by atoms with van der Waals surface area (Å²) < 4.78 is 0. The molecule has 7 heteroatoms. The number of amides is 2. The summed E-state index contributed by atoms with van der Waals surface area (Å²) in [7, 11) is 0. The number of thiocarbonyl (C=S) groups is 1. The van der Waals surface area contributed by atoms with Crippen molar-refractivity contribution in [2.24, 2.45) is 0 Å². The molecule has 4 rings (SSSR count). The number of benzene rings is 1. The first-order valence-corrected chi connectivity index (χ1v) is 11.1. The second kappa shape index (κ2) is 9.06. The molecule has 2 aliphatic rings. The van der Waals surface area contributed by atoms with Crippen molar-refractivity contribution in [1.29, 1.82) is 0 Å². The van der Waals surface area contributed by atoms with Crippen molar-refractivity contribution in [3.63, 3.8) is 0 Å². The van der Waals surface area contributed by atoms with Crippen LogP contribution in [0.15, 0.2) is 36.5 Å². The van der Waals surface area contributed by atoms with Gasteiger partial charge in [0, 0.05) is 47.4 Å². The Bertz CT molecular complexity index is 1050. The molecular weight excluding hydrogens is 410 g/mol. The lowest BCUT2D eigenvalue weighted by atomic mass is 10.0. The molecule has 1 aliphatic carbocycles. The van der Waals surface area contributed by atoms with Gasteiger partial charge in [0.1, 0.15) is 5.78 Å². The van der Waals surface area contributed by atoms with Crippen LogP contribution < -0.4 is 5.32 Å². The molecule has 2 amide bonds. The average Bonchev–Trinajstić information content (AvgIpc) is 3.10. The molecule has 6 nitrogen and oxygen atoms in total. The Hall–Kier alpha value is -2.93. The van der Waals surface area contributed by atoms with E-state index in [0.717, 1.165) is 35.4 Å². The molecule has 1 aliphatic heterocycles. The molecule has 0 spiro atoms. The molecule has 0 radical (unpaired) electrons. The van der Waals surface area contributed by atoms with Gasteiger partial charge < -0.3 is 10.2 Å². The molecular formula is C24H25N3O3S. The monoisotopic (exact) mass is 435 g/mol. The minimum absolute atomic E-state index is 0.0605. The number of rotatable bonds is 3. The van der Waals surface area contributed by atoms with Crippen LogP contribution in [0, 0.1) is 6.92 Å². The smallest absolute Gasteiger partial charge is 0.257 e. The fourth-order valence-electron chi connectivity index (χ4n) is 4.18. The predicted octanol–water partition coefficient (Wildman–Crippen LogP) is 4.26. The summed E-state index contributed by atoms with van der Waals surface area (Å²) >= 11 is 5.65. The zero-order valence-corrected chi connectivity index (χ0v) is 18.3. The van der Waals surface area contributed by atoms with Crippen molar-refractivity contribution in [3.8, 4) is 0 Å². The molecule has 0 bridgehead atoms. The van der Waals surface area contributed by atoms with E-state index in [9.17, 15) is 14.4 Å². The number of hydrogen-bond acceptors (Lipinski definition) is 5. The standard InChI is InChI=1S/C24H25N3O3S/c1-15-6-7-16(13-25-15)23(29)26-18-8-10-20-17(12-18)14-27(24(20)30)21-11-9-19(28)4-2-3-5-22(21)31/h6-8,10,12-13,21H,2-5,9,11,14H2,1H3,(H,26,29). The summed E-state index contributed by atoms with van der Waals surface area (Å²) in [6.45, 7) is 2.30. The minimum atomic E-state index is -0.246. The summed E-state index contributed by atoms with van der Waals surface area (Å²) in [5.41, 5.74) is 3.44. The molecule has 2 heterocycles. The number of pyridine rings is 1. The first-order chi connectivity index (χ1) is 14.9. The van der Waals surface area contributed by atoms with Crippen LogP contribution in [-0.2, 0) is 11.3 Å². The van der Waals surface area contributed by atoms with Gasteiger partial charge in [-0.25, -0.2) is 0 Å². The number of fused-ring (bicyclic) bond motifs is 1. The molecule has 1 atom stereocenters. The van der Waals surface area contributed by atoms with E-state index in [1.165, 1.54) is 0 Å². The van der Waals surface area contributed by atoms with Gasteiger partial charge in [-0.3, -0.25) is 19.4 Å². The van der Waals surface area contributed by atoms with Crippen molar-refractivity contribution in [2.45, 2.75) is 58.0 Å². The number of nitrogens with one attached hydrogen (secondary N) is 1. The van der Waals surface area contributed by atoms with Crippen LogP contribution in [-0.4, -0.2) is 38.4 Å². The Balaban J connectivity index is 1.50. The maximum Gasteiger partial charge on any atom is 0.257 e. The van der Waals surface area contributed by atoms with E-state index in [1.807, 2.05) is 13.0 Å². The fraction of sp³-hybridized carbons (Fsp3) is 0.375. The molecule has 160 valence electrons. The third kappa shape index (κ3) is 4.71. The van der Waals surface area contributed by atoms with Gasteiger partial charge >= 0.3 is 0 Å². The van der Waals surface area contributed by atoms with Gasteiger partial charge in [0.15, 0.2) is 0 Å². The van der Waals surface area contributed by atoms with Crippen LogP contribution >= 0.6 is 12.2 Å². The van der Waals surface area contributed by atoms with Crippen LogP contribution in [0.25, 0.3) is 0 Å². The Labute approximate surface area is 187 Å². The normalized spacial score (nSPS) is 19.5. The number of carbonyl (C=O) groups is 3. The highest BCUT2D eigenvalue weighted by atomic mass is 32.1. The molecule has 1 aromatic heterocycles. The second-order valence-corrected chi connectivity index (χ2v) is 8.74. The number of ketones is 1. The quantitative estimate of drug-likeness (QED) is 0.729. The van der Waals surface area contributed by atoms with E-state index < -0.39 is 0 Å². The SMILES string of the molecule is Cc1ccc(C(=O)Nc2ccc3c(c2)CN(C2CCC(=O)CCCCC2=S)C3=O)cn1. The van der Waals surface area contributed by atoms with Crippen LogP contribution in [0.4, 0.5) is 5.69 Å². The predicted molar refractivity (Wildman–Crippen MR) is 122 cm³/mol. The van der Waals surface area contributed by atoms with E-state index in [-0.39, 0.29) is 23.6 Å². The lowest BCUT2D eigenvalue weighted by Crippen LogP contribution is -2.40. The largest absolute Gasteiger partial charge is 0.327 e. The number of aromatic nitrogens is 1. The maximum atomic E-state index is 13.1. The highest BCUT2D eigenvalue weighted by Crippen LogP contribution is 2.30. The first-order valence-electron chi connectivity index (χ1n) is 10.6. The van der Waals surface area contributed by atoms with Crippen molar-refractivity contribution in [1.82, 2.24) is 9.88 Å². The molecule has 1 fully saturated rings. The summed E-state index contributed by atoms with van der Waals surface area (Å²) in [5.74, 6) is -0.0614. The van der Waals surface area contributed by atoms with E-state index >= 15 is 0 Å². The second-order valence-electron chi connectivity index (χ2n) is 8.21. The lowest BCUT2D eigenvalue weighted by molar-refractivity contribution is -0.119. The highest BCUT2D eigenvalue weighted by Gasteiger charge is 2.35. The Morgan fingerprint density at radius 2 is 1.94 bits per heavy atom. The van der Waals surface area contributed by atoms with Crippen LogP contribution in [0.1, 0.15) is 70.5 Å². The summed E-state index contributed by atoms with van der Waals surface area (Å²) in [5, 5.41) is 2.88. The van der Waals surface area contributed by atoms with Crippen molar-refractivity contribution >= 4 is 40.4 Å². The number of hydrogen-bond donors (Lipinski definition) is 1. The molecule has 1 N–H and O–H groups in total. The maximum absolute atomic E-state index is 13.1. The zero-order valence-electron chi connectivity index (χ0n) is 17.5. The topological polar surface area (TPSA) is 79.4 Å². The van der Waals surface area contributed by atoms with Crippen LogP contribution in [0.2, 0.25) is 0 Å². The fourth-order valence-corrected chi connectivity index (χ4v) is 4.57. The number of nitrogens with zero attached hydrogens (tertiary/aromatic N) is 2. The highest BCUT2D eigenvalue weighted by molar-refractivity contribution is 7.80. The lowest BCUT2D eigenvalue weighted by Gasteiger charge is -2.28. The summed E-state index contributed by atoms with van der Waals surface area (Å²) in [4.78, 5) is 44.4. The van der Waals surface area contributed by atoms with Gasteiger partial charge in [0.05, 0.1) is 11.6 Å².